The first-order valence-corrected chi connectivity index (χ1v) is 6.17. The summed E-state index contributed by atoms with van der Waals surface area (Å²) in [6.45, 7) is 1.91. The molecule has 0 aliphatic rings. The largest absolute Gasteiger partial charge is 0.382 e. The minimum absolute atomic E-state index is 0.315. The van der Waals surface area contributed by atoms with Gasteiger partial charge in [-0.1, -0.05) is 17.7 Å². The zero-order chi connectivity index (χ0) is 14.1. The number of H-pyrrole nitrogens is 1. The molecule has 0 spiro atoms. The first kappa shape index (κ1) is 12.3. The van der Waals surface area contributed by atoms with Gasteiger partial charge >= 0.3 is 0 Å². The van der Waals surface area contributed by atoms with Crippen LogP contribution in [0.4, 0.5) is 10.2 Å². The van der Waals surface area contributed by atoms with Gasteiger partial charge in [0.2, 0.25) is 0 Å². The van der Waals surface area contributed by atoms with Crippen molar-refractivity contribution in [2.75, 3.05) is 5.73 Å². The van der Waals surface area contributed by atoms with E-state index in [1.54, 1.807) is 30.6 Å². The molecule has 0 saturated heterocycles. The smallest absolute Gasteiger partial charge is 0.153 e. The molecule has 100 valence electrons. The van der Waals surface area contributed by atoms with E-state index in [9.17, 15) is 4.39 Å². The number of aryl methyl sites for hydroxylation is 1. The Labute approximate surface area is 115 Å². The number of nitrogen functional groups attached to an aromatic ring is 1. The summed E-state index contributed by atoms with van der Waals surface area (Å²) < 4.78 is 14.1. The molecule has 2 heterocycles. The van der Waals surface area contributed by atoms with Gasteiger partial charge in [-0.15, -0.1) is 0 Å². The van der Waals surface area contributed by atoms with Crippen LogP contribution < -0.4 is 5.73 Å². The lowest BCUT2D eigenvalue weighted by molar-refractivity contribution is 0.630. The van der Waals surface area contributed by atoms with Gasteiger partial charge in [-0.05, 0) is 25.1 Å². The summed E-state index contributed by atoms with van der Waals surface area (Å²) in [5.74, 6) is 0.0123. The van der Waals surface area contributed by atoms with E-state index in [0.29, 0.717) is 22.6 Å². The molecule has 0 saturated carbocycles. The van der Waals surface area contributed by atoms with Crippen LogP contribution in [0.3, 0.4) is 0 Å². The molecular formula is C15H13FN4. The van der Waals surface area contributed by atoms with Crippen LogP contribution in [0.2, 0.25) is 0 Å². The highest BCUT2D eigenvalue weighted by Crippen LogP contribution is 2.35. The lowest BCUT2D eigenvalue weighted by Gasteiger charge is -2.06. The molecule has 0 amide bonds. The van der Waals surface area contributed by atoms with E-state index >= 15 is 0 Å². The fourth-order valence-corrected chi connectivity index (χ4v) is 2.18. The summed E-state index contributed by atoms with van der Waals surface area (Å²) in [5.41, 5.74) is 9.36. The Balaban J connectivity index is 2.24. The van der Waals surface area contributed by atoms with Crippen LogP contribution in [0.15, 0.2) is 42.7 Å². The van der Waals surface area contributed by atoms with E-state index in [-0.39, 0.29) is 5.82 Å². The molecule has 20 heavy (non-hydrogen) atoms. The SMILES string of the molecule is Cc1ccc(F)c(-c2[nH]nc(N)c2-c2cccnc2)c1. The molecule has 0 aliphatic carbocycles. The highest BCUT2D eigenvalue weighted by atomic mass is 19.1. The van der Waals surface area contributed by atoms with Gasteiger partial charge in [0.25, 0.3) is 0 Å². The summed E-state index contributed by atoms with van der Waals surface area (Å²) in [6, 6.07) is 8.60. The third kappa shape index (κ3) is 2.03. The Hall–Kier alpha value is -2.69. The molecule has 0 bridgehead atoms. The van der Waals surface area contributed by atoms with E-state index < -0.39 is 0 Å². The van der Waals surface area contributed by atoms with Crippen LogP contribution in [-0.4, -0.2) is 15.2 Å². The van der Waals surface area contributed by atoms with E-state index in [2.05, 4.69) is 15.2 Å². The quantitative estimate of drug-likeness (QED) is 0.750. The number of nitrogens with two attached hydrogens (primary N) is 1. The Bertz CT molecular complexity index is 750. The molecule has 0 atom stereocenters. The number of anilines is 1. The molecule has 0 fully saturated rings. The molecule has 5 heteroatoms. The highest BCUT2D eigenvalue weighted by Gasteiger charge is 2.17. The van der Waals surface area contributed by atoms with Crippen LogP contribution in [0.1, 0.15) is 5.56 Å². The molecule has 3 N–H and O–H groups in total. The van der Waals surface area contributed by atoms with Gasteiger partial charge in [0.05, 0.1) is 11.3 Å². The number of benzene rings is 1. The van der Waals surface area contributed by atoms with Crippen LogP contribution in [0.5, 0.6) is 0 Å². The van der Waals surface area contributed by atoms with Crippen LogP contribution >= 0.6 is 0 Å². The van der Waals surface area contributed by atoms with Gasteiger partial charge in [-0.2, -0.15) is 5.10 Å². The predicted molar refractivity (Wildman–Crippen MR) is 76.4 cm³/mol. The third-order valence-electron chi connectivity index (χ3n) is 3.14. The second-order valence-corrected chi connectivity index (χ2v) is 4.58. The molecule has 3 rings (SSSR count). The highest BCUT2D eigenvalue weighted by molar-refractivity contribution is 5.87. The van der Waals surface area contributed by atoms with Gasteiger partial charge in [-0.3, -0.25) is 10.1 Å². The molecule has 0 aliphatic heterocycles. The zero-order valence-corrected chi connectivity index (χ0v) is 10.9. The van der Waals surface area contributed by atoms with Crippen molar-refractivity contribution in [3.8, 4) is 22.4 Å². The average Bonchev–Trinajstić information content (AvgIpc) is 2.84. The van der Waals surface area contributed by atoms with Crippen LogP contribution in [0.25, 0.3) is 22.4 Å². The number of halogens is 1. The van der Waals surface area contributed by atoms with Crippen molar-refractivity contribution in [3.05, 3.63) is 54.1 Å². The Morgan fingerprint density at radius 1 is 1.25 bits per heavy atom. The summed E-state index contributed by atoms with van der Waals surface area (Å²) in [7, 11) is 0. The summed E-state index contributed by atoms with van der Waals surface area (Å²) >= 11 is 0. The van der Waals surface area contributed by atoms with E-state index in [1.807, 2.05) is 13.0 Å². The number of aromatic amines is 1. The third-order valence-corrected chi connectivity index (χ3v) is 3.14. The molecule has 3 aromatic rings. The van der Waals surface area contributed by atoms with Gasteiger partial charge < -0.3 is 5.73 Å². The first-order chi connectivity index (χ1) is 9.66. The van der Waals surface area contributed by atoms with Gasteiger partial charge in [-0.25, -0.2) is 4.39 Å². The van der Waals surface area contributed by atoms with Crippen molar-refractivity contribution in [3.63, 3.8) is 0 Å². The van der Waals surface area contributed by atoms with E-state index in [1.165, 1.54) is 6.07 Å². The number of pyridine rings is 1. The summed E-state index contributed by atoms with van der Waals surface area (Å²) in [4.78, 5) is 4.07. The molecule has 0 unspecified atom stereocenters. The number of aromatic nitrogens is 3. The van der Waals surface area contributed by atoms with Crippen molar-refractivity contribution in [2.45, 2.75) is 6.92 Å². The number of rotatable bonds is 2. The first-order valence-electron chi connectivity index (χ1n) is 6.17. The molecule has 1 aromatic carbocycles. The minimum atomic E-state index is -0.315. The Morgan fingerprint density at radius 3 is 2.85 bits per heavy atom. The van der Waals surface area contributed by atoms with Crippen molar-refractivity contribution in [1.29, 1.82) is 0 Å². The van der Waals surface area contributed by atoms with Crippen molar-refractivity contribution < 1.29 is 4.39 Å². The maximum absolute atomic E-state index is 14.1. The molecule has 2 aromatic heterocycles. The molecule has 4 nitrogen and oxygen atoms in total. The van der Waals surface area contributed by atoms with Crippen molar-refractivity contribution >= 4 is 5.82 Å². The van der Waals surface area contributed by atoms with Crippen LogP contribution in [-0.2, 0) is 0 Å². The molecular weight excluding hydrogens is 255 g/mol. The summed E-state index contributed by atoms with van der Waals surface area (Å²) in [5, 5.41) is 6.81. The van der Waals surface area contributed by atoms with Gasteiger partial charge in [0.1, 0.15) is 5.82 Å². The maximum atomic E-state index is 14.1. The number of nitrogens with zero attached hydrogens (tertiary/aromatic N) is 2. The normalized spacial score (nSPS) is 10.7. The lowest BCUT2D eigenvalue weighted by atomic mass is 10.0. The topological polar surface area (TPSA) is 67.6 Å². The van der Waals surface area contributed by atoms with Crippen LogP contribution in [0, 0.1) is 12.7 Å². The Morgan fingerprint density at radius 2 is 2.10 bits per heavy atom. The number of hydrogen-bond acceptors (Lipinski definition) is 3. The number of nitrogens with one attached hydrogen (secondary N) is 1. The summed E-state index contributed by atoms with van der Waals surface area (Å²) in [6.07, 6.45) is 3.35. The molecule has 0 radical (unpaired) electrons. The van der Waals surface area contributed by atoms with E-state index in [4.69, 9.17) is 5.73 Å². The Kier molecular flexibility index (Phi) is 2.95. The minimum Gasteiger partial charge on any atom is -0.382 e. The monoisotopic (exact) mass is 268 g/mol. The van der Waals surface area contributed by atoms with Gasteiger partial charge in [0.15, 0.2) is 5.82 Å². The zero-order valence-electron chi connectivity index (χ0n) is 10.9. The lowest BCUT2D eigenvalue weighted by Crippen LogP contribution is -1.91. The predicted octanol–water partition coefficient (Wildman–Crippen LogP) is 3.17. The van der Waals surface area contributed by atoms with Crippen molar-refractivity contribution in [1.82, 2.24) is 15.2 Å². The number of hydrogen-bond donors (Lipinski definition) is 2. The fourth-order valence-electron chi connectivity index (χ4n) is 2.18. The maximum Gasteiger partial charge on any atom is 0.153 e. The fraction of sp³-hybridized carbons (Fsp3) is 0.0667. The standard InChI is InChI=1S/C15H13FN4/c1-9-4-5-12(16)11(7-9)14-13(15(17)20-19-14)10-3-2-6-18-8-10/h2-8H,1H3,(H3,17,19,20). The van der Waals surface area contributed by atoms with E-state index in [0.717, 1.165) is 11.1 Å². The van der Waals surface area contributed by atoms with Crippen molar-refractivity contribution in [2.24, 2.45) is 0 Å². The second kappa shape index (κ2) is 4.77. The average molecular weight is 268 g/mol. The second-order valence-electron chi connectivity index (χ2n) is 4.58. The van der Waals surface area contributed by atoms with Gasteiger partial charge in [0, 0.05) is 23.5 Å².